The molecule has 6 nitrogen and oxygen atoms in total. The van der Waals surface area contributed by atoms with Gasteiger partial charge in [-0.1, -0.05) is 18.2 Å². The average molecular weight is 341 g/mol. The topological polar surface area (TPSA) is 96.5 Å². The molecule has 6 heteroatoms. The van der Waals surface area contributed by atoms with Crippen molar-refractivity contribution in [3.8, 4) is 0 Å². The van der Waals surface area contributed by atoms with E-state index in [1.54, 1.807) is 39.0 Å². The molecule has 0 bridgehead atoms. The van der Waals surface area contributed by atoms with E-state index in [0.29, 0.717) is 28.1 Å². The summed E-state index contributed by atoms with van der Waals surface area (Å²) in [6.45, 7) is 5.39. The molecule has 0 amide bonds. The molecule has 2 N–H and O–H groups in total. The van der Waals surface area contributed by atoms with E-state index in [4.69, 9.17) is 9.84 Å². The number of aryl methyl sites for hydroxylation is 1. The molecule has 0 atom stereocenters. The molecule has 0 saturated carbocycles. The van der Waals surface area contributed by atoms with Gasteiger partial charge in [0.1, 0.15) is 0 Å². The van der Waals surface area contributed by atoms with Crippen LogP contribution in [0.1, 0.15) is 54.9 Å². The number of allylic oxidation sites excluding steroid dienone is 1. The molecule has 0 fully saturated rings. The Labute approximate surface area is 145 Å². The maximum Gasteiger partial charge on any atom is 0.340 e. The first-order chi connectivity index (χ1) is 11.8. The largest absolute Gasteiger partial charge is 0.478 e. The van der Waals surface area contributed by atoms with Gasteiger partial charge in [-0.2, -0.15) is 0 Å². The summed E-state index contributed by atoms with van der Waals surface area (Å²) < 4.78 is 5.01. The van der Waals surface area contributed by atoms with Gasteiger partial charge in [-0.3, -0.25) is 4.79 Å². The van der Waals surface area contributed by atoms with Gasteiger partial charge in [0.15, 0.2) is 0 Å². The Kier molecular flexibility index (Phi) is 5.54. The summed E-state index contributed by atoms with van der Waals surface area (Å²) in [5, 5.41) is 8.87. The highest BCUT2D eigenvalue weighted by atomic mass is 16.5. The van der Waals surface area contributed by atoms with Crippen LogP contribution in [0, 0.1) is 13.8 Å². The number of carboxylic acid groups (broad SMARTS) is 1. The van der Waals surface area contributed by atoms with Crippen LogP contribution >= 0.6 is 0 Å². The Hall–Kier alpha value is -3.15. The fourth-order valence-electron chi connectivity index (χ4n) is 2.50. The summed E-state index contributed by atoms with van der Waals surface area (Å²) in [4.78, 5) is 38.1. The predicted molar refractivity (Wildman–Crippen MR) is 93.0 cm³/mol. The molecule has 0 saturated heterocycles. The number of carbonyl (C=O) groups excluding carboxylic acids is 2. The highest BCUT2D eigenvalue weighted by Crippen LogP contribution is 2.20. The summed E-state index contributed by atoms with van der Waals surface area (Å²) in [5.41, 5.74) is 2.72. The molecule has 0 unspecified atom stereocenters. The number of aromatic carboxylic acids is 1. The van der Waals surface area contributed by atoms with Gasteiger partial charge in [-0.05, 0) is 50.1 Å². The number of ether oxygens (including phenoxy) is 1. The number of ketones is 1. The number of carbonyl (C=O) groups is 3. The molecule has 2 aromatic rings. The van der Waals surface area contributed by atoms with Crippen molar-refractivity contribution in [1.82, 2.24) is 4.98 Å². The minimum atomic E-state index is -1.00. The van der Waals surface area contributed by atoms with Gasteiger partial charge in [0, 0.05) is 5.69 Å². The van der Waals surface area contributed by atoms with Crippen LogP contribution in [-0.2, 0) is 4.74 Å². The van der Waals surface area contributed by atoms with E-state index >= 15 is 0 Å². The zero-order chi connectivity index (χ0) is 18.6. The maximum atomic E-state index is 12.4. The summed E-state index contributed by atoms with van der Waals surface area (Å²) in [7, 11) is 0. The number of aromatic nitrogens is 1. The Morgan fingerprint density at radius 1 is 1.16 bits per heavy atom. The number of benzene rings is 1. The van der Waals surface area contributed by atoms with Crippen LogP contribution in [-0.4, -0.2) is 34.4 Å². The summed E-state index contributed by atoms with van der Waals surface area (Å²) >= 11 is 0. The molecule has 0 radical (unpaired) electrons. The van der Waals surface area contributed by atoms with Crippen molar-refractivity contribution in [2.75, 3.05) is 6.61 Å². The van der Waals surface area contributed by atoms with Crippen molar-refractivity contribution in [1.29, 1.82) is 0 Å². The Morgan fingerprint density at radius 3 is 2.36 bits per heavy atom. The Morgan fingerprint density at radius 2 is 1.80 bits per heavy atom. The monoisotopic (exact) mass is 341 g/mol. The van der Waals surface area contributed by atoms with Gasteiger partial charge >= 0.3 is 11.9 Å². The molecule has 25 heavy (non-hydrogen) atoms. The lowest BCUT2D eigenvalue weighted by Crippen LogP contribution is -2.07. The number of esters is 1. The third kappa shape index (κ3) is 4.03. The number of hydrogen-bond acceptors (Lipinski definition) is 4. The average Bonchev–Trinajstić information content (AvgIpc) is 2.88. The van der Waals surface area contributed by atoms with Crippen LogP contribution < -0.4 is 0 Å². The molecular formula is C19H19NO5. The molecule has 2 rings (SSSR count). The van der Waals surface area contributed by atoms with Gasteiger partial charge in [0.25, 0.3) is 0 Å². The van der Waals surface area contributed by atoms with Crippen molar-refractivity contribution in [2.24, 2.45) is 0 Å². The minimum Gasteiger partial charge on any atom is -0.478 e. The second kappa shape index (κ2) is 7.61. The highest BCUT2D eigenvalue weighted by Gasteiger charge is 2.21. The second-order valence-electron chi connectivity index (χ2n) is 5.47. The highest BCUT2D eigenvalue weighted by molar-refractivity contribution is 6.08. The molecule has 130 valence electrons. The van der Waals surface area contributed by atoms with Crippen molar-refractivity contribution in [3.63, 3.8) is 0 Å². The van der Waals surface area contributed by atoms with E-state index in [-0.39, 0.29) is 18.0 Å². The van der Waals surface area contributed by atoms with E-state index in [9.17, 15) is 14.4 Å². The van der Waals surface area contributed by atoms with Crippen molar-refractivity contribution in [3.05, 3.63) is 64.0 Å². The lowest BCUT2D eigenvalue weighted by atomic mass is 10.1. The van der Waals surface area contributed by atoms with Gasteiger partial charge in [-0.15, -0.1) is 0 Å². The number of carboxylic acids is 1. The van der Waals surface area contributed by atoms with Gasteiger partial charge in [0.05, 0.1) is 23.4 Å². The summed E-state index contributed by atoms with van der Waals surface area (Å²) in [6, 6.07) is 6.17. The van der Waals surface area contributed by atoms with Crippen LogP contribution in [0.25, 0.3) is 6.08 Å². The van der Waals surface area contributed by atoms with Crippen molar-refractivity contribution in [2.45, 2.75) is 20.8 Å². The van der Waals surface area contributed by atoms with Crippen LogP contribution in [0.4, 0.5) is 0 Å². The third-order valence-electron chi connectivity index (χ3n) is 3.75. The zero-order valence-electron chi connectivity index (χ0n) is 14.3. The molecule has 0 aliphatic heterocycles. The fourth-order valence-corrected chi connectivity index (χ4v) is 2.50. The minimum absolute atomic E-state index is 0.179. The van der Waals surface area contributed by atoms with Gasteiger partial charge in [0.2, 0.25) is 5.78 Å². The first-order valence-electron chi connectivity index (χ1n) is 7.77. The molecule has 0 aliphatic carbocycles. The van der Waals surface area contributed by atoms with E-state index in [0.717, 1.165) is 0 Å². The van der Waals surface area contributed by atoms with E-state index in [1.807, 2.05) is 0 Å². The normalized spacial score (nSPS) is 10.8. The fraction of sp³-hybridized carbons (Fsp3) is 0.211. The van der Waals surface area contributed by atoms with Crippen molar-refractivity contribution < 1.29 is 24.2 Å². The second-order valence-corrected chi connectivity index (χ2v) is 5.47. The van der Waals surface area contributed by atoms with E-state index < -0.39 is 11.9 Å². The predicted octanol–water partition coefficient (Wildman–Crippen LogP) is 3.40. The molecule has 0 aliphatic rings. The standard InChI is InChI=1S/C19H19NO5/c1-4-25-19(24)16-11(2)17(20-12(16)3)15(21)10-7-13-5-8-14(9-6-13)18(22)23/h5-10,20H,4H2,1-3H3,(H,22,23)/b10-7+. The van der Waals surface area contributed by atoms with E-state index in [2.05, 4.69) is 4.98 Å². The van der Waals surface area contributed by atoms with Crippen LogP contribution in [0.5, 0.6) is 0 Å². The number of rotatable bonds is 6. The lowest BCUT2D eigenvalue weighted by Gasteiger charge is -2.02. The smallest absolute Gasteiger partial charge is 0.340 e. The van der Waals surface area contributed by atoms with Crippen LogP contribution in [0.15, 0.2) is 30.3 Å². The third-order valence-corrected chi connectivity index (χ3v) is 3.75. The first-order valence-corrected chi connectivity index (χ1v) is 7.77. The molecule has 1 aromatic heterocycles. The Bertz CT molecular complexity index is 843. The summed E-state index contributed by atoms with van der Waals surface area (Å²) in [6.07, 6.45) is 2.97. The molecule has 0 spiro atoms. The quantitative estimate of drug-likeness (QED) is 0.477. The van der Waals surface area contributed by atoms with Crippen molar-refractivity contribution >= 4 is 23.8 Å². The summed E-state index contributed by atoms with van der Waals surface area (Å²) in [5.74, 6) is -1.74. The maximum absolute atomic E-state index is 12.4. The molecule has 1 heterocycles. The molecule has 1 aromatic carbocycles. The first kappa shape index (κ1) is 18.2. The van der Waals surface area contributed by atoms with Gasteiger partial charge in [-0.25, -0.2) is 9.59 Å². The number of hydrogen-bond donors (Lipinski definition) is 2. The van der Waals surface area contributed by atoms with Gasteiger partial charge < -0.3 is 14.8 Å². The van der Waals surface area contributed by atoms with E-state index in [1.165, 1.54) is 18.2 Å². The number of aromatic amines is 1. The van der Waals surface area contributed by atoms with Crippen LogP contribution in [0.3, 0.4) is 0 Å². The Balaban J connectivity index is 2.22. The zero-order valence-corrected chi connectivity index (χ0v) is 14.3. The number of H-pyrrole nitrogens is 1. The SMILES string of the molecule is CCOC(=O)c1c(C)[nH]c(C(=O)/C=C/c2ccc(C(=O)O)cc2)c1C. The number of nitrogens with one attached hydrogen (secondary N) is 1. The van der Waals surface area contributed by atoms with Crippen LogP contribution in [0.2, 0.25) is 0 Å². The molecular weight excluding hydrogens is 322 g/mol. The lowest BCUT2D eigenvalue weighted by molar-refractivity contribution is 0.0524.